The molecule has 2 aromatic heterocycles. The van der Waals surface area contributed by atoms with Gasteiger partial charge in [0.2, 0.25) is 0 Å². The molecule has 0 bridgehead atoms. The number of hydrogen-bond acceptors (Lipinski definition) is 3. The van der Waals surface area contributed by atoms with Gasteiger partial charge in [0.15, 0.2) is 0 Å². The Morgan fingerprint density at radius 1 is 0.750 bits per heavy atom. The van der Waals surface area contributed by atoms with E-state index >= 15 is 0 Å². The molecule has 0 aliphatic heterocycles. The zero-order valence-electron chi connectivity index (χ0n) is 16.2. The molecule has 0 aliphatic carbocycles. The molecule has 0 aromatic carbocycles. The summed E-state index contributed by atoms with van der Waals surface area (Å²) in [6.07, 6.45) is 0. The third-order valence-electron chi connectivity index (χ3n) is 5.67. The summed E-state index contributed by atoms with van der Waals surface area (Å²) in [5.74, 6) is 3.87. The molecule has 0 aliphatic rings. The highest BCUT2D eigenvalue weighted by molar-refractivity contribution is 5.84. The van der Waals surface area contributed by atoms with E-state index in [1.807, 2.05) is 41.5 Å². The molecular weight excluding hydrogens is 300 g/mol. The quantitative estimate of drug-likeness (QED) is 0.666. The van der Waals surface area contributed by atoms with Crippen LogP contribution in [0.5, 0.6) is 0 Å². The molecule has 4 unspecified atom stereocenters. The lowest BCUT2D eigenvalue weighted by atomic mass is 9.79. The Labute approximate surface area is 145 Å². The van der Waals surface area contributed by atoms with Gasteiger partial charge >= 0.3 is 0 Å². The van der Waals surface area contributed by atoms with Gasteiger partial charge in [-0.15, -0.1) is 0 Å². The summed E-state index contributed by atoms with van der Waals surface area (Å²) in [6, 6.07) is 4.11. The molecule has 2 heterocycles. The summed E-state index contributed by atoms with van der Waals surface area (Å²) in [5, 5.41) is 0. The van der Waals surface area contributed by atoms with E-state index in [2.05, 4.69) is 26.0 Å². The van der Waals surface area contributed by atoms with Crippen LogP contribution in [0.1, 0.15) is 73.7 Å². The molecular formula is C21H30O3. The van der Waals surface area contributed by atoms with Crippen LogP contribution in [-0.4, -0.2) is 5.78 Å². The highest BCUT2D eigenvalue weighted by Crippen LogP contribution is 2.34. The molecule has 0 spiro atoms. The zero-order valence-corrected chi connectivity index (χ0v) is 16.2. The summed E-state index contributed by atoms with van der Waals surface area (Å²) >= 11 is 0. The molecule has 0 saturated carbocycles. The maximum absolute atomic E-state index is 13.0. The SMILES string of the molecule is Cc1cc(C(C)C(C)C(=O)C(C)C(C)c2cc(C)c(C)o2)oc1C. The minimum atomic E-state index is -0.0930. The van der Waals surface area contributed by atoms with Crippen LogP contribution < -0.4 is 0 Å². The number of hydrogen-bond donors (Lipinski definition) is 0. The molecule has 3 nitrogen and oxygen atoms in total. The van der Waals surface area contributed by atoms with Crippen molar-refractivity contribution in [1.29, 1.82) is 0 Å². The van der Waals surface area contributed by atoms with Gasteiger partial charge in [-0.05, 0) is 51.0 Å². The molecule has 0 amide bonds. The highest BCUT2D eigenvalue weighted by atomic mass is 16.3. The van der Waals surface area contributed by atoms with Gasteiger partial charge in [0.25, 0.3) is 0 Å². The van der Waals surface area contributed by atoms with E-state index in [0.717, 1.165) is 34.2 Å². The predicted molar refractivity (Wildman–Crippen MR) is 96.5 cm³/mol. The fourth-order valence-corrected chi connectivity index (χ4v) is 3.05. The number of carbonyl (C=O) groups is 1. The van der Waals surface area contributed by atoms with E-state index < -0.39 is 0 Å². The maximum atomic E-state index is 13.0. The molecule has 24 heavy (non-hydrogen) atoms. The third-order valence-corrected chi connectivity index (χ3v) is 5.67. The van der Waals surface area contributed by atoms with Crippen LogP contribution in [0.25, 0.3) is 0 Å². The lowest BCUT2D eigenvalue weighted by molar-refractivity contribution is -0.127. The highest BCUT2D eigenvalue weighted by Gasteiger charge is 2.32. The number of aryl methyl sites for hydroxylation is 4. The second kappa shape index (κ2) is 7.00. The number of rotatable bonds is 6. The summed E-state index contributed by atoms with van der Waals surface area (Å²) in [7, 11) is 0. The molecule has 0 fully saturated rings. The van der Waals surface area contributed by atoms with Crippen molar-refractivity contribution in [1.82, 2.24) is 0 Å². The summed E-state index contributed by atoms with van der Waals surface area (Å²) in [6.45, 7) is 16.1. The first-order valence-corrected chi connectivity index (χ1v) is 8.81. The molecule has 132 valence electrons. The van der Waals surface area contributed by atoms with Crippen molar-refractivity contribution in [3.63, 3.8) is 0 Å². The first-order valence-electron chi connectivity index (χ1n) is 8.81. The third kappa shape index (κ3) is 3.50. The van der Waals surface area contributed by atoms with Gasteiger partial charge in [-0.3, -0.25) is 4.79 Å². The van der Waals surface area contributed by atoms with E-state index in [9.17, 15) is 4.79 Å². The van der Waals surface area contributed by atoms with Crippen molar-refractivity contribution in [2.24, 2.45) is 11.8 Å². The summed E-state index contributed by atoms with van der Waals surface area (Å²) in [5.41, 5.74) is 2.28. The van der Waals surface area contributed by atoms with Crippen molar-refractivity contribution < 1.29 is 13.6 Å². The van der Waals surface area contributed by atoms with Crippen molar-refractivity contribution in [2.75, 3.05) is 0 Å². The van der Waals surface area contributed by atoms with Crippen LogP contribution in [0.3, 0.4) is 0 Å². The average Bonchev–Trinajstić information content (AvgIpc) is 3.06. The molecule has 2 rings (SSSR count). The molecule has 0 saturated heterocycles. The zero-order chi connectivity index (χ0) is 18.2. The molecule has 3 heteroatoms. The Morgan fingerprint density at radius 2 is 1.08 bits per heavy atom. The van der Waals surface area contributed by atoms with Crippen molar-refractivity contribution in [3.05, 3.63) is 46.3 Å². The van der Waals surface area contributed by atoms with Crippen molar-refractivity contribution >= 4 is 5.78 Å². The van der Waals surface area contributed by atoms with Gasteiger partial charge in [0, 0.05) is 23.7 Å². The first-order chi connectivity index (χ1) is 11.1. The van der Waals surface area contributed by atoms with Gasteiger partial charge in [-0.2, -0.15) is 0 Å². The topological polar surface area (TPSA) is 43.4 Å². The molecule has 4 atom stereocenters. The Kier molecular flexibility index (Phi) is 5.42. The number of Topliss-reactive ketones (excluding diaryl/α,β-unsaturated/α-hetero) is 1. The van der Waals surface area contributed by atoms with E-state index in [4.69, 9.17) is 8.83 Å². The standard InChI is InChI=1S/C21H30O3/c1-11-9-19(23-17(11)7)13(3)15(5)21(22)16(6)14(4)20-10-12(2)18(8)24-20/h9-10,13-16H,1-8H3. The monoisotopic (exact) mass is 330 g/mol. The smallest absolute Gasteiger partial charge is 0.139 e. The van der Waals surface area contributed by atoms with E-state index in [-0.39, 0.29) is 29.5 Å². The van der Waals surface area contributed by atoms with Gasteiger partial charge in [0.05, 0.1) is 0 Å². The van der Waals surface area contributed by atoms with E-state index in [1.165, 1.54) is 0 Å². The predicted octanol–water partition coefficient (Wildman–Crippen LogP) is 5.85. The van der Waals surface area contributed by atoms with E-state index in [1.54, 1.807) is 0 Å². The maximum Gasteiger partial charge on any atom is 0.139 e. The van der Waals surface area contributed by atoms with Gasteiger partial charge in [-0.25, -0.2) is 0 Å². The minimum Gasteiger partial charge on any atom is -0.466 e. The average molecular weight is 330 g/mol. The number of carbonyl (C=O) groups excluding carboxylic acids is 1. The van der Waals surface area contributed by atoms with Gasteiger partial charge < -0.3 is 8.83 Å². The number of ketones is 1. The Bertz CT molecular complexity index is 620. The number of furan rings is 2. The Hall–Kier alpha value is -1.77. The normalized spacial score (nSPS) is 16.7. The molecule has 0 radical (unpaired) electrons. The lowest BCUT2D eigenvalue weighted by Crippen LogP contribution is -2.26. The van der Waals surface area contributed by atoms with Crippen molar-refractivity contribution in [2.45, 2.75) is 67.2 Å². The summed E-state index contributed by atoms with van der Waals surface area (Å²) in [4.78, 5) is 13.0. The van der Waals surface area contributed by atoms with Crippen LogP contribution in [0, 0.1) is 39.5 Å². The van der Waals surface area contributed by atoms with Crippen LogP contribution in [-0.2, 0) is 4.79 Å². The van der Waals surface area contributed by atoms with Gasteiger partial charge in [-0.1, -0.05) is 27.7 Å². The van der Waals surface area contributed by atoms with Crippen LogP contribution in [0.2, 0.25) is 0 Å². The Morgan fingerprint density at radius 3 is 1.33 bits per heavy atom. The largest absolute Gasteiger partial charge is 0.466 e. The lowest BCUT2D eigenvalue weighted by Gasteiger charge is -2.24. The van der Waals surface area contributed by atoms with Gasteiger partial charge in [0.1, 0.15) is 28.8 Å². The fourth-order valence-electron chi connectivity index (χ4n) is 3.05. The molecule has 0 N–H and O–H groups in total. The minimum absolute atomic E-state index is 0.0691. The van der Waals surface area contributed by atoms with E-state index in [0.29, 0.717) is 0 Å². The Balaban J connectivity index is 2.13. The van der Waals surface area contributed by atoms with Crippen LogP contribution in [0.15, 0.2) is 21.0 Å². The summed E-state index contributed by atoms with van der Waals surface area (Å²) < 4.78 is 11.6. The first kappa shape index (κ1) is 18.6. The van der Waals surface area contributed by atoms with Crippen molar-refractivity contribution in [3.8, 4) is 0 Å². The fraction of sp³-hybridized carbons (Fsp3) is 0.571. The van der Waals surface area contributed by atoms with Crippen LogP contribution in [0.4, 0.5) is 0 Å². The van der Waals surface area contributed by atoms with Crippen LogP contribution >= 0.6 is 0 Å². The molecule has 2 aromatic rings. The second-order valence-corrected chi connectivity index (χ2v) is 7.33. The second-order valence-electron chi connectivity index (χ2n) is 7.33.